The molecule has 0 aliphatic heterocycles. The van der Waals surface area contributed by atoms with Gasteiger partial charge in [0.25, 0.3) is 0 Å². The molecule has 3 nitrogen and oxygen atoms in total. The molecular weight excluding hydrogens is 282 g/mol. The number of hydrogen-bond donors (Lipinski definition) is 2. The highest BCUT2D eigenvalue weighted by molar-refractivity contribution is 7.10. The van der Waals surface area contributed by atoms with Crippen LogP contribution in [0.2, 0.25) is 0 Å². The number of benzene rings is 1. The van der Waals surface area contributed by atoms with Crippen molar-refractivity contribution in [2.45, 2.75) is 18.9 Å². The fourth-order valence-electron chi connectivity index (χ4n) is 2.47. The van der Waals surface area contributed by atoms with E-state index in [1.54, 1.807) is 11.3 Å². The summed E-state index contributed by atoms with van der Waals surface area (Å²) in [6, 6.07) is 10.0. The number of rotatable bonds is 3. The molecule has 1 aromatic heterocycles. The first-order valence-corrected chi connectivity index (χ1v) is 7.68. The van der Waals surface area contributed by atoms with Crippen LogP contribution >= 0.6 is 11.3 Å². The molecule has 1 aliphatic rings. The SMILES string of the molecule is O=C(NCc1cc(C#CCO)cs1)C1Cc2ccccc21. The zero-order valence-corrected chi connectivity index (χ0v) is 12.2. The topological polar surface area (TPSA) is 49.3 Å². The van der Waals surface area contributed by atoms with Crippen LogP contribution < -0.4 is 5.32 Å². The second-order valence-corrected chi connectivity index (χ2v) is 5.93. The van der Waals surface area contributed by atoms with Crippen molar-refractivity contribution in [1.82, 2.24) is 5.32 Å². The first-order valence-electron chi connectivity index (χ1n) is 6.80. The Bertz CT molecular complexity index is 724. The van der Waals surface area contributed by atoms with E-state index in [1.807, 2.05) is 29.6 Å². The smallest absolute Gasteiger partial charge is 0.228 e. The Labute approximate surface area is 127 Å². The summed E-state index contributed by atoms with van der Waals surface area (Å²) in [5, 5.41) is 13.6. The monoisotopic (exact) mass is 297 g/mol. The molecule has 0 bridgehead atoms. The second kappa shape index (κ2) is 6.13. The van der Waals surface area contributed by atoms with Crippen LogP contribution in [-0.2, 0) is 17.8 Å². The standard InChI is InChI=1S/C17H15NO2S/c19-7-3-4-12-8-14(21-11-12)10-18-17(20)16-9-13-5-1-2-6-15(13)16/h1-2,5-6,8,11,16,19H,7,9-10H2,(H,18,20). The molecule has 3 rings (SSSR count). The lowest BCUT2D eigenvalue weighted by Gasteiger charge is -2.28. The highest BCUT2D eigenvalue weighted by Gasteiger charge is 2.31. The van der Waals surface area contributed by atoms with Gasteiger partial charge in [0.1, 0.15) is 6.61 Å². The van der Waals surface area contributed by atoms with Crippen molar-refractivity contribution in [3.63, 3.8) is 0 Å². The summed E-state index contributed by atoms with van der Waals surface area (Å²) in [6.07, 6.45) is 0.833. The van der Waals surface area contributed by atoms with Crippen LogP contribution in [0.4, 0.5) is 0 Å². The highest BCUT2D eigenvalue weighted by Crippen LogP contribution is 2.34. The summed E-state index contributed by atoms with van der Waals surface area (Å²) in [5.41, 5.74) is 3.30. The van der Waals surface area contributed by atoms with Crippen molar-refractivity contribution in [3.8, 4) is 11.8 Å². The normalized spacial score (nSPS) is 15.4. The lowest BCUT2D eigenvalue weighted by atomic mass is 9.77. The largest absolute Gasteiger partial charge is 0.384 e. The Morgan fingerprint density at radius 3 is 3.10 bits per heavy atom. The molecule has 0 spiro atoms. The molecule has 21 heavy (non-hydrogen) atoms. The summed E-state index contributed by atoms with van der Waals surface area (Å²) in [6.45, 7) is 0.395. The van der Waals surface area contributed by atoms with Crippen LogP contribution in [0, 0.1) is 11.8 Å². The van der Waals surface area contributed by atoms with E-state index in [2.05, 4.69) is 23.2 Å². The van der Waals surface area contributed by atoms with E-state index in [0.29, 0.717) is 6.54 Å². The molecule has 1 aromatic carbocycles. The molecule has 106 valence electrons. The molecule has 1 atom stereocenters. The molecule has 1 amide bonds. The number of amides is 1. The Morgan fingerprint density at radius 1 is 1.43 bits per heavy atom. The van der Waals surface area contributed by atoms with Gasteiger partial charge in [0, 0.05) is 15.8 Å². The molecule has 0 saturated heterocycles. The lowest BCUT2D eigenvalue weighted by Crippen LogP contribution is -2.34. The van der Waals surface area contributed by atoms with E-state index in [-0.39, 0.29) is 18.4 Å². The quantitative estimate of drug-likeness (QED) is 0.852. The van der Waals surface area contributed by atoms with Gasteiger partial charge in [0.05, 0.1) is 12.5 Å². The van der Waals surface area contributed by atoms with Crippen LogP contribution in [0.15, 0.2) is 35.7 Å². The zero-order chi connectivity index (χ0) is 14.7. The van der Waals surface area contributed by atoms with Crippen molar-refractivity contribution in [1.29, 1.82) is 0 Å². The molecule has 0 fully saturated rings. The van der Waals surface area contributed by atoms with Gasteiger partial charge in [0.15, 0.2) is 0 Å². The molecule has 2 N–H and O–H groups in total. The highest BCUT2D eigenvalue weighted by atomic mass is 32.1. The predicted molar refractivity (Wildman–Crippen MR) is 83.0 cm³/mol. The average molecular weight is 297 g/mol. The molecule has 4 heteroatoms. The molecular formula is C17H15NO2S. The average Bonchev–Trinajstić information content (AvgIpc) is 2.92. The number of hydrogen-bond acceptors (Lipinski definition) is 3. The van der Waals surface area contributed by atoms with Gasteiger partial charge in [-0.2, -0.15) is 0 Å². The third kappa shape index (κ3) is 2.99. The van der Waals surface area contributed by atoms with Gasteiger partial charge in [-0.25, -0.2) is 0 Å². The number of aliphatic hydroxyl groups is 1. The zero-order valence-electron chi connectivity index (χ0n) is 11.4. The van der Waals surface area contributed by atoms with E-state index in [9.17, 15) is 4.79 Å². The minimum atomic E-state index is -0.136. The van der Waals surface area contributed by atoms with Crippen molar-refractivity contribution in [2.75, 3.05) is 6.61 Å². The van der Waals surface area contributed by atoms with Gasteiger partial charge >= 0.3 is 0 Å². The van der Waals surface area contributed by atoms with Crippen molar-refractivity contribution in [2.24, 2.45) is 0 Å². The maximum Gasteiger partial charge on any atom is 0.228 e. The van der Waals surface area contributed by atoms with Gasteiger partial charge in [0.2, 0.25) is 5.91 Å². The minimum Gasteiger partial charge on any atom is -0.384 e. The number of aliphatic hydroxyl groups excluding tert-OH is 1. The number of carbonyl (C=O) groups excluding carboxylic acids is 1. The molecule has 1 heterocycles. The Balaban J connectivity index is 1.56. The van der Waals surface area contributed by atoms with Gasteiger partial charge < -0.3 is 10.4 Å². The number of thiophene rings is 1. The van der Waals surface area contributed by atoms with Crippen LogP contribution in [0.5, 0.6) is 0 Å². The van der Waals surface area contributed by atoms with Crippen molar-refractivity contribution < 1.29 is 9.90 Å². The van der Waals surface area contributed by atoms with E-state index >= 15 is 0 Å². The molecule has 2 aromatic rings. The maximum atomic E-state index is 12.2. The van der Waals surface area contributed by atoms with Gasteiger partial charge in [-0.3, -0.25) is 4.79 Å². The van der Waals surface area contributed by atoms with Gasteiger partial charge in [-0.15, -0.1) is 11.3 Å². The Morgan fingerprint density at radius 2 is 2.29 bits per heavy atom. The fraction of sp³-hybridized carbons (Fsp3) is 0.235. The van der Waals surface area contributed by atoms with Crippen LogP contribution in [0.1, 0.15) is 27.5 Å². The summed E-state index contributed by atoms with van der Waals surface area (Å²) >= 11 is 1.57. The van der Waals surface area contributed by atoms with E-state index in [0.717, 1.165) is 22.4 Å². The third-order valence-corrected chi connectivity index (χ3v) is 4.51. The van der Waals surface area contributed by atoms with Crippen LogP contribution in [0.25, 0.3) is 0 Å². The van der Waals surface area contributed by atoms with Gasteiger partial charge in [-0.1, -0.05) is 36.1 Å². The Hall–Kier alpha value is -2.09. The first-order chi connectivity index (χ1) is 10.3. The first kappa shape index (κ1) is 13.9. The number of carbonyl (C=O) groups is 1. The second-order valence-electron chi connectivity index (χ2n) is 4.93. The van der Waals surface area contributed by atoms with E-state index in [1.165, 1.54) is 5.56 Å². The van der Waals surface area contributed by atoms with Gasteiger partial charge in [-0.05, 0) is 23.6 Å². The van der Waals surface area contributed by atoms with Crippen molar-refractivity contribution in [3.05, 3.63) is 57.3 Å². The summed E-state index contributed by atoms with van der Waals surface area (Å²) in [7, 11) is 0. The molecule has 0 saturated carbocycles. The fourth-order valence-corrected chi connectivity index (χ4v) is 3.23. The number of fused-ring (bicyclic) bond motifs is 1. The van der Waals surface area contributed by atoms with E-state index < -0.39 is 0 Å². The minimum absolute atomic E-state index is 0.00480. The Kier molecular flexibility index (Phi) is 4.05. The molecule has 1 aliphatic carbocycles. The van der Waals surface area contributed by atoms with Crippen molar-refractivity contribution >= 4 is 17.2 Å². The maximum absolute atomic E-state index is 12.2. The number of nitrogens with one attached hydrogen (secondary N) is 1. The predicted octanol–water partition coefficient (Wildman–Crippen LogP) is 2.05. The van der Waals surface area contributed by atoms with E-state index in [4.69, 9.17) is 5.11 Å². The molecule has 0 radical (unpaired) electrons. The lowest BCUT2D eigenvalue weighted by molar-refractivity contribution is -0.123. The molecule has 1 unspecified atom stereocenters. The summed E-state index contributed by atoms with van der Waals surface area (Å²) < 4.78 is 0. The summed E-state index contributed by atoms with van der Waals surface area (Å²) in [5.74, 6) is 5.56. The third-order valence-electron chi connectivity index (χ3n) is 3.57. The van der Waals surface area contributed by atoms with Crippen LogP contribution in [0.3, 0.4) is 0 Å². The van der Waals surface area contributed by atoms with Crippen LogP contribution in [-0.4, -0.2) is 17.6 Å². The summed E-state index contributed by atoms with van der Waals surface area (Å²) in [4.78, 5) is 13.2.